The molecule has 11 rings (SSSR count). The fourth-order valence-corrected chi connectivity index (χ4v) is 9.05. The number of pyridine rings is 2. The SMILES string of the molecule is COc1ccc(CN2C=CC(c3c4nc(c(-c5ccncc5)c5ccc([nH]5)c(C5=CCN(Cc6ccc(OC)cc6)C=C5)c5nc(c(-c6ccncc6)c6ccc3[nH]6)C=C5)C=C4)=CC2)cc1. The molecule has 0 saturated carbocycles. The molecule has 0 amide bonds. The minimum Gasteiger partial charge on any atom is -0.497 e. The lowest BCUT2D eigenvalue weighted by Gasteiger charge is -2.23. The Kier molecular flexibility index (Phi) is 10.7. The second-order valence-corrected chi connectivity index (χ2v) is 16.5. The Morgan fingerprint density at radius 3 is 1.15 bits per heavy atom. The first-order valence-electron chi connectivity index (χ1n) is 22.1. The molecular weight excluding hydrogens is 817 g/mol. The summed E-state index contributed by atoms with van der Waals surface area (Å²) in [5.74, 6) is 1.70. The zero-order valence-electron chi connectivity index (χ0n) is 36.6. The molecule has 0 spiro atoms. The number of aromatic amines is 2. The quantitative estimate of drug-likeness (QED) is 0.140. The Morgan fingerprint density at radius 1 is 0.439 bits per heavy atom. The van der Waals surface area contributed by atoms with E-state index in [0.29, 0.717) is 0 Å². The van der Waals surface area contributed by atoms with Crippen molar-refractivity contribution in [1.82, 2.24) is 39.7 Å². The number of hydrogen-bond donors (Lipinski definition) is 2. The maximum atomic E-state index is 5.47. The highest BCUT2D eigenvalue weighted by molar-refractivity contribution is 5.99. The predicted molar refractivity (Wildman–Crippen MR) is 266 cm³/mol. The van der Waals surface area contributed by atoms with Gasteiger partial charge in [-0.25, -0.2) is 9.97 Å². The van der Waals surface area contributed by atoms with Crippen molar-refractivity contribution in [2.75, 3.05) is 27.3 Å². The molecule has 66 heavy (non-hydrogen) atoms. The number of methoxy groups -OCH3 is 2. The smallest absolute Gasteiger partial charge is 0.118 e. The standard InChI is InChI=1S/C56H46N8O2/c1-65-43-7-3-37(4-8-43)35-63-31-23-41(24-32-63)55-49-15-11-45(59-49)53(39-19-27-57-28-20-39)47-13-17-51(61-47)56(42-25-33-64(34-26-42)36-38-5-9-44(66-2)10-6-38)52-18-14-48(62-52)54(40-21-29-58-30-22-40)46-12-16-50(55)60-46/h3-31,33,59,62H,32,34-36H2,1-2H3. The van der Waals surface area contributed by atoms with Gasteiger partial charge in [-0.2, -0.15) is 0 Å². The monoisotopic (exact) mass is 862 g/mol. The number of allylic oxidation sites excluding steroid dienone is 4. The summed E-state index contributed by atoms with van der Waals surface area (Å²) >= 11 is 0. The molecule has 8 bridgehead atoms. The van der Waals surface area contributed by atoms with Gasteiger partial charge < -0.3 is 29.2 Å². The van der Waals surface area contributed by atoms with Crippen molar-refractivity contribution in [3.8, 4) is 33.8 Å². The highest BCUT2D eigenvalue weighted by Gasteiger charge is 2.21. The fraction of sp³-hybridized carbons (Fsp3) is 0.107. The van der Waals surface area contributed by atoms with Crippen molar-refractivity contribution >= 4 is 57.5 Å². The number of aromatic nitrogens is 6. The van der Waals surface area contributed by atoms with E-state index in [4.69, 9.17) is 19.4 Å². The van der Waals surface area contributed by atoms with Gasteiger partial charge in [-0.15, -0.1) is 0 Å². The van der Waals surface area contributed by atoms with Gasteiger partial charge in [0, 0.05) is 108 Å². The molecule has 0 radical (unpaired) electrons. The maximum Gasteiger partial charge on any atom is 0.118 e. The first kappa shape index (κ1) is 40.3. The summed E-state index contributed by atoms with van der Waals surface area (Å²) in [5.41, 5.74) is 17.8. The lowest BCUT2D eigenvalue weighted by atomic mass is 10.0. The molecule has 0 fully saturated rings. The topological polar surface area (TPSA) is 108 Å². The largest absolute Gasteiger partial charge is 0.497 e. The number of nitrogens with one attached hydrogen (secondary N) is 2. The van der Waals surface area contributed by atoms with Crippen LogP contribution in [0.15, 0.2) is 159 Å². The minimum absolute atomic E-state index is 0.738. The molecule has 322 valence electrons. The van der Waals surface area contributed by atoms with Crippen LogP contribution in [0.4, 0.5) is 0 Å². The Hall–Kier alpha value is -8.50. The third kappa shape index (κ3) is 8.01. The van der Waals surface area contributed by atoms with Crippen molar-refractivity contribution in [2.24, 2.45) is 0 Å². The average Bonchev–Trinajstić information content (AvgIpc) is 4.23. The van der Waals surface area contributed by atoms with E-state index in [1.807, 2.05) is 73.3 Å². The van der Waals surface area contributed by atoms with Crippen LogP contribution in [-0.2, 0) is 13.1 Å². The fourth-order valence-electron chi connectivity index (χ4n) is 9.05. The second-order valence-electron chi connectivity index (χ2n) is 16.5. The Bertz CT molecular complexity index is 3100. The van der Waals surface area contributed by atoms with Gasteiger partial charge in [0.25, 0.3) is 0 Å². The van der Waals surface area contributed by atoms with Gasteiger partial charge in [0.15, 0.2) is 0 Å². The molecular formula is C56H46N8O2. The Labute approximate surface area is 383 Å². The molecule has 9 heterocycles. The molecule has 0 unspecified atom stereocenters. The van der Waals surface area contributed by atoms with E-state index in [1.54, 1.807) is 14.2 Å². The normalized spacial score (nSPS) is 14.1. The van der Waals surface area contributed by atoms with Gasteiger partial charge in [0.1, 0.15) is 11.5 Å². The molecule has 4 aliphatic heterocycles. The Morgan fingerprint density at radius 2 is 0.803 bits per heavy atom. The van der Waals surface area contributed by atoms with Gasteiger partial charge >= 0.3 is 0 Å². The number of nitrogens with zero attached hydrogens (tertiary/aromatic N) is 6. The minimum atomic E-state index is 0.738. The number of hydrogen-bond acceptors (Lipinski definition) is 8. The molecule has 0 saturated heterocycles. The van der Waals surface area contributed by atoms with Crippen LogP contribution in [0.2, 0.25) is 0 Å². The zero-order chi connectivity index (χ0) is 44.4. The summed E-state index contributed by atoms with van der Waals surface area (Å²) in [5, 5.41) is 0. The third-order valence-corrected chi connectivity index (χ3v) is 12.4. The molecule has 0 atom stereocenters. The number of benzene rings is 2. The molecule has 4 aliphatic rings. The maximum absolute atomic E-state index is 5.47. The lowest BCUT2D eigenvalue weighted by molar-refractivity contribution is 0.403. The molecule has 10 heteroatoms. The predicted octanol–water partition coefficient (Wildman–Crippen LogP) is 11.6. The number of fused-ring (bicyclic) bond motifs is 8. The van der Waals surface area contributed by atoms with Gasteiger partial charge in [-0.05, 0) is 143 Å². The number of ether oxygens (including phenoxy) is 2. The summed E-state index contributed by atoms with van der Waals surface area (Å²) in [6.45, 7) is 3.04. The van der Waals surface area contributed by atoms with Crippen LogP contribution >= 0.6 is 0 Å². The molecule has 2 N–H and O–H groups in total. The van der Waals surface area contributed by atoms with Crippen LogP contribution in [0, 0.1) is 0 Å². The van der Waals surface area contributed by atoms with Gasteiger partial charge in [0.05, 0.1) is 37.0 Å². The molecule has 2 aromatic carbocycles. The molecule has 5 aromatic heterocycles. The second kappa shape index (κ2) is 17.6. The number of rotatable bonds is 10. The van der Waals surface area contributed by atoms with Crippen molar-refractivity contribution < 1.29 is 9.47 Å². The van der Waals surface area contributed by atoms with Crippen LogP contribution in [0.3, 0.4) is 0 Å². The third-order valence-electron chi connectivity index (χ3n) is 12.4. The van der Waals surface area contributed by atoms with Crippen LogP contribution in [0.1, 0.15) is 45.0 Å². The van der Waals surface area contributed by atoms with E-state index in [1.165, 1.54) is 11.1 Å². The van der Waals surface area contributed by atoms with Crippen molar-refractivity contribution in [3.05, 3.63) is 204 Å². The summed E-state index contributed by atoms with van der Waals surface area (Å²) in [6, 6.07) is 33.3. The van der Waals surface area contributed by atoms with E-state index in [0.717, 1.165) is 127 Å². The van der Waals surface area contributed by atoms with Crippen LogP contribution in [0.5, 0.6) is 11.5 Å². The van der Waals surface area contributed by atoms with Gasteiger partial charge in [-0.3, -0.25) is 9.97 Å². The van der Waals surface area contributed by atoms with E-state index >= 15 is 0 Å². The van der Waals surface area contributed by atoms with Gasteiger partial charge in [-0.1, -0.05) is 36.4 Å². The van der Waals surface area contributed by atoms with Crippen LogP contribution in [0.25, 0.3) is 79.8 Å². The highest BCUT2D eigenvalue weighted by Crippen LogP contribution is 2.38. The van der Waals surface area contributed by atoms with Crippen molar-refractivity contribution in [1.29, 1.82) is 0 Å². The van der Waals surface area contributed by atoms with Crippen molar-refractivity contribution in [2.45, 2.75) is 13.1 Å². The van der Waals surface area contributed by atoms with E-state index in [9.17, 15) is 0 Å². The average molecular weight is 863 g/mol. The first-order chi connectivity index (χ1) is 32.6. The zero-order valence-corrected chi connectivity index (χ0v) is 36.6. The summed E-state index contributed by atoms with van der Waals surface area (Å²) in [4.78, 5) is 32.0. The lowest BCUT2D eigenvalue weighted by Crippen LogP contribution is -2.19. The summed E-state index contributed by atoms with van der Waals surface area (Å²) < 4.78 is 10.8. The highest BCUT2D eigenvalue weighted by atomic mass is 16.5. The van der Waals surface area contributed by atoms with Crippen molar-refractivity contribution in [3.63, 3.8) is 0 Å². The van der Waals surface area contributed by atoms with Crippen LogP contribution < -0.4 is 9.47 Å². The molecule has 7 aromatic rings. The van der Waals surface area contributed by atoms with E-state index < -0.39 is 0 Å². The molecule has 10 nitrogen and oxygen atoms in total. The van der Waals surface area contributed by atoms with E-state index in [-0.39, 0.29) is 0 Å². The Balaban J connectivity index is 1.09. The number of H-pyrrole nitrogens is 2. The first-order valence-corrected chi connectivity index (χ1v) is 22.1. The summed E-state index contributed by atoms with van der Waals surface area (Å²) in [7, 11) is 3.39. The molecule has 0 aliphatic carbocycles. The van der Waals surface area contributed by atoms with Crippen LogP contribution in [-0.4, -0.2) is 67.0 Å². The van der Waals surface area contributed by atoms with E-state index in [2.05, 4.69) is 139 Å². The van der Waals surface area contributed by atoms with Gasteiger partial charge in [0.2, 0.25) is 0 Å². The summed E-state index contributed by atoms with van der Waals surface area (Å²) in [6.07, 6.45) is 29.2.